The van der Waals surface area contributed by atoms with E-state index < -0.39 is 6.10 Å². The third kappa shape index (κ3) is 5.03. The van der Waals surface area contributed by atoms with Crippen LogP contribution in [0.3, 0.4) is 0 Å². The first-order chi connectivity index (χ1) is 12.4. The van der Waals surface area contributed by atoms with Crippen molar-refractivity contribution in [3.05, 3.63) is 26.6 Å². The van der Waals surface area contributed by atoms with E-state index in [4.69, 9.17) is 0 Å². The fourth-order valence-electron chi connectivity index (χ4n) is 2.95. The van der Waals surface area contributed by atoms with Gasteiger partial charge in [-0.15, -0.1) is 35.5 Å². The zero-order valence-electron chi connectivity index (χ0n) is 15.5. The molecule has 3 heterocycles. The number of carbonyl (C=O) groups is 1. The van der Waals surface area contributed by atoms with Crippen molar-refractivity contribution in [1.82, 2.24) is 20.6 Å². The van der Waals surface area contributed by atoms with Crippen molar-refractivity contribution >= 4 is 51.6 Å². The van der Waals surface area contributed by atoms with Gasteiger partial charge in [-0.25, -0.2) is 4.98 Å². The number of fused-ring (bicyclic) bond motifs is 1. The number of aliphatic hydroxyl groups excluding tert-OH is 1. The minimum atomic E-state index is -0.406. The van der Waals surface area contributed by atoms with E-state index in [1.807, 2.05) is 20.8 Å². The predicted octanol–water partition coefficient (Wildman–Crippen LogP) is 1.34. The number of carbonyl (C=O) groups excluding carboxylic acids is 1. The molecule has 0 spiro atoms. The largest absolute Gasteiger partial charge is 0.391 e. The van der Waals surface area contributed by atoms with Gasteiger partial charge in [0.25, 0.3) is 5.56 Å². The molecular formula is C17H25ClN4O3S2. The summed E-state index contributed by atoms with van der Waals surface area (Å²) in [4.78, 5) is 33.7. The van der Waals surface area contributed by atoms with Gasteiger partial charge in [0.05, 0.1) is 22.5 Å². The average Bonchev–Trinajstić information content (AvgIpc) is 3.13. The number of thiophene rings is 1. The van der Waals surface area contributed by atoms with Crippen molar-refractivity contribution in [1.29, 1.82) is 0 Å². The number of β-amino-alcohol motifs (C(OH)–C–C–N with tert-alkyl or cyclic N) is 1. The lowest BCUT2D eigenvalue weighted by Crippen LogP contribution is -2.38. The van der Waals surface area contributed by atoms with Crippen molar-refractivity contribution in [2.45, 2.75) is 37.9 Å². The number of amides is 1. The van der Waals surface area contributed by atoms with Crippen LogP contribution >= 0.6 is 35.5 Å². The van der Waals surface area contributed by atoms with E-state index >= 15 is 0 Å². The molecule has 0 saturated carbocycles. The summed E-state index contributed by atoms with van der Waals surface area (Å²) in [5.41, 5.74) is 0.863. The molecule has 2 aromatic rings. The Morgan fingerprint density at radius 1 is 1.44 bits per heavy atom. The minimum absolute atomic E-state index is 0. The number of H-pyrrole nitrogens is 1. The molecule has 3 rings (SSSR count). The molecule has 2 aromatic heterocycles. The van der Waals surface area contributed by atoms with Gasteiger partial charge in [-0.3, -0.25) is 9.59 Å². The summed E-state index contributed by atoms with van der Waals surface area (Å²) >= 11 is 2.95. The summed E-state index contributed by atoms with van der Waals surface area (Å²) in [6.45, 7) is 7.51. The lowest BCUT2D eigenvalue weighted by atomic mass is 10.1. The van der Waals surface area contributed by atoms with E-state index in [0.29, 0.717) is 36.6 Å². The standard InChI is InChI=1S/C17H24N4O3S2.ClH/c1-8-9(2)26-17-14(8)16(24)20-13(21-17)7-25-10(3)15(23)19-5-11-4-18-6-12(11)22;/h10-12,18,22H,4-7H2,1-3H3,(H,19,23)(H,20,21,24);1H. The van der Waals surface area contributed by atoms with Crippen LogP contribution in [0.4, 0.5) is 0 Å². The van der Waals surface area contributed by atoms with Gasteiger partial charge in [-0.2, -0.15) is 0 Å². The molecule has 150 valence electrons. The van der Waals surface area contributed by atoms with Gasteiger partial charge in [-0.05, 0) is 26.3 Å². The smallest absolute Gasteiger partial charge is 0.259 e. The molecule has 3 atom stereocenters. The lowest BCUT2D eigenvalue weighted by Gasteiger charge is -2.16. The molecule has 0 radical (unpaired) electrons. The molecule has 1 aliphatic heterocycles. The summed E-state index contributed by atoms with van der Waals surface area (Å²) in [5, 5.41) is 16.2. The minimum Gasteiger partial charge on any atom is -0.391 e. The number of halogens is 1. The normalized spacial score (nSPS) is 20.4. The van der Waals surface area contributed by atoms with E-state index in [2.05, 4.69) is 20.6 Å². The molecule has 1 aliphatic rings. The van der Waals surface area contributed by atoms with Crippen molar-refractivity contribution in [3.63, 3.8) is 0 Å². The van der Waals surface area contributed by atoms with Crippen LogP contribution in [0.15, 0.2) is 4.79 Å². The Labute approximate surface area is 172 Å². The number of nitrogens with one attached hydrogen (secondary N) is 3. The average molecular weight is 433 g/mol. The van der Waals surface area contributed by atoms with Crippen LogP contribution in [0.5, 0.6) is 0 Å². The topological polar surface area (TPSA) is 107 Å². The summed E-state index contributed by atoms with van der Waals surface area (Å²) < 4.78 is 0. The number of hydrogen-bond donors (Lipinski definition) is 4. The molecule has 0 aliphatic carbocycles. The number of aromatic nitrogens is 2. The molecule has 1 amide bonds. The maximum Gasteiger partial charge on any atom is 0.259 e. The van der Waals surface area contributed by atoms with Gasteiger partial charge in [0.2, 0.25) is 5.91 Å². The highest BCUT2D eigenvalue weighted by Crippen LogP contribution is 2.26. The lowest BCUT2D eigenvalue weighted by molar-refractivity contribution is -0.120. The van der Waals surface area contributed by atoms with Gasteiger partial charge in [0.1, 0.15) is 10.7 Å². The van der Waals surface area contributed by atoms with Gasteiger partial charge >= 0.3 is 0 Å². The van der Waals surface area contributed by atoms with Crippen LogP contribution in [-0.2, 0) is 10.5 Å². The molecule has 10 heteroatoms. The van der Waals surface area contributed by atoms with Crippen LogP contribution in [-0.4, -0.2) is 52.0 Å². The first kappa shape index (κ1) is 22.2. The monoisotopic (exact) mass is 432 g/mol. The number of aromatic amines is 1. The van der Waals surface area contributed by atoms with Crippen molar-refractivity contribution in [2.75, 3.05) is 19.6 Å². The third-order valence-electron chi connectivity index (χ3n) is 4.77. The van der Waals surface area contributed by atoms with Gasteiger partial charge in [0, 0.05) is 30.4 Å². The Hall–Kier alpha value is -1.13. The second kappa shape index (κ2) is 9.38. The summed E-state index contributed by atoms with van der Waals surface area (Å²) in [6, 6.07) is 0. The first-order valence-electron chi connectivity index (χ1n) is 8.63. The number of hydrogen-bond acceptors (Lipinski definition) is 7. The van der Waals surface area contributed by atoms with Crippen LogP contribution in [0.1, 0.15) is 23.2 Å². The second-order valence-electron chi connectivity index (χ2n) is 6.66. The Balaban J connectivity index is 0.00000261. The highest BCUT2D eigenvalue weighted by molar-refractivity contribution is 7.99. The summed E-state index contributed by atoms with van der Waals surface area (Å²) in [6.07, 6.45) is -0.406. The highest BCUT2D eigenvalue weighted by atomic mass is 35.5. The van der Waals surface area contributed by atoms with E-state index in [-0.39, 0.29) is 35.0 Å². The molecule has 1 saturated heterocycles. The summed E-state index contributed by atoms with van der Waals surface area (Å²) in [5.74, 6) is 1.04. The molecule has 4 N–H and O–H groups in total. The van der Waals surface area contributed by atoms with Crippen molar-refractivity contribution < 1.29 is 9.90 Å². The van der Waals surface area contributed by atoms with E-state index in [9.17, 15) is 14.7 Å². The van der Waals surface area contributed by atoms with E-state index in [1.54, 1.807) is 0 Å². The van der Waals surface area contributed by atoms with Crippen LogP contribution in [0, 0.1) is 19.8 Å². The molecule has 1 fully saturated rings. The van der Waals surface area contributed by atoms with Crippen LogP contribution in [0.25, 0.3) is 10.2 Å². The fourth-order valence-corrected chi connectivity index (χ4v) is 4.78. The molecule has 7 nitrogen and oxygen atoms in total. The number of aliphatic hydroxyl groups is 1. The van der Waals surface area contributed by atoms with E-state index in [1.165, 1.54) is 23.1 Å². The van der Waals surface area contributed by atoms with Gasteiger partial charge in [0.15, 0.2) is 0 Å². The van der Waals surface area contributed by atoms with E-state index in [0.717, 1.165) is 15.3 Å². The fraction of sp³-hybridized carbons (Fsp3) is 0.588. The SMILES string of the molecule is Cc1sc2nc(CSC(C)C(=O)NCC3CNCC3O)[nH]c(=O)c2c1C.Cl. The Kier molecular flexibility index (Phi) is 7.70. The summed E-state index contributed by atoms with van der Waals surface area (Å²) in [7, 11) is 0. The maximum atomic E-state index is 12.3. The predicted molar refractivity (Wildman–Crippen MR) is 113 cm³/mol. The molecular weight excluding hydrogens is 408 g/mol. The molecule has 0 aromatic carbocycles. The number of aryl methyl sites for hydroxylation is 2. The number of nitrogens with zero attached hydrogens (tertiary/aromatic N) is 1. The maximum absolute atomic E-state index is 12.3. The number of rotatable bonds is 6. The zero-order chi connectivity index (χ0) is 18.8. The van der Waals surface area contributed by atoms with Gasteiger partial charge in [-0.1, -0.05) is 0 Å². The number of thioether (sulfide) groups is 1. The molecule has 0 bridgehead atoms. The highest BCUT2D eigenvalue weighted by Gasteiger charge is 2.26. The quantitative estimate of drug-likeness (QED) is 0.548. The van der Waals surface area contributed by atoms with Gasteiger partial charge < -0.3 is 20.7 Å². The van der Waals surface area contributed by atoms with Crippen molar-refractivity contribution in [3.8, 4) is 0 Å². The van der Waals surface area contributed by atoms with Crippen LogP contribution in [0.2, 0.25) is 0 Å². The third-order valence-corrected chi connectivity index (χ3v) is 7.03. The zero-order valence-corrected chi connectivity index (χ0v) is 17.9. The molecule has 27 heavy (non-hydrogen) atoms. The molecule has 3 unspecified atom stereocenters. The Morgan fingerprint density at radius 3 is 2.85 bits per heavy atom. The second-order valence-corrected chi connectivity index (χ2v) is 9.19. The Bertz CT molecular complexity index is 870. The van der Waals surface area contributed by atoms with Crippen LogP contribution < -0.4 is 16.2 Å². The Morgan fingerprint density at radius 2 is 2.19 bits per heavy atom. The first-order valence-corrected chi connectivity index (χ1v) is 10.5. The van der Waals surface area contributed by atoms with Crippen molar-refractivity contribution in [2.24, 2.45) is 5.92 Å².